The molecule has 1 aromatic rings. The molecular formula is C15H21F3N2O. The summed E-state index contributed by atoms with van der Waals surface area (Å²) in [6.45, 7) is 2.37. The van der Waals surface area contributed by atoms with E-state index in [9.17, 15) is 13.2 Å². The zero-order valence-corrected chi connectivity index (χ0v) is 12.0. The van der Waals surface area contributed by atoms with E-state index in [4.69, 9.17) is 4.42 Å². The van der Waals surface area contributed by atoms with Crippen molar-refractivity contribution in [2.45, 2.75) is 51.0 Å². The molecule has 6 heteroatoms. The van der Waals surface area contributed by atoms with Gasteiger partial charge < -0.3 is 9.73 Å². The molecule has 2 heterocycles. The molecule has 0 bridgehead atoms. The smallest absolute Gasteiger partial charge is 0.391 e. The number of nitrogens with zero attached hydrogens (tertiary/aromatic N) is 1. The quantitative estimate of drug-likeness (QED) is 0.904. The minimum Gasteiger partial charge on any atom is -0.468 e. The van der Waals surface area contributed by atoms with Gasteiger partial charge in [-0.25, -0.2) is 0 Å². The van der Waals surface area contributed by atoms with Gasteiger partial charge in [0.25, 0.3) is 0 Å². The highest BCUT2D eigenvalue weighted by Gasteiger charge is 2.41. The molecule has 1 aliphatic carbocycles. The second-order valence-electron chi connectivity index (χ2n) is 6.12. The van der Waals surface area contributed by atoms with Crippen molar-refractivity contribution >= 4 is 0 Å². The molecule has 2 aliphatic rings. The Bertz CT molecular complexity index is 460. The van der Waals surface area contributed by atoms with Crippen LogP contribution in [0.4, 0.5) is 13.2 Å². The monoisotopic (exact) mass is 302 g/mol. The van der Waals surface area contributed by atoms with E-state index in [0.29, 0.717) is 25.7 Å². The molecule has 118 valence electrons. The number of halogens is 3. The van der Waals surface area contributed by atoms with E-state index in [-0.39, 0.29) is 12.8 Å². The van der Waals surface area contributed by atoms with Gasteiger partial charge >= 0.3 is 6.18 Å². The predicted molar refractivity (Wildman–Crippen MR) is 72.6 cm³/mol. The number of rotatable bonds is 5. The van der Waals surface area contributed by atoms with Crippen LogP contribution in [0.1, 0.15) is 37.0 Å². The Hall–Kier alpha value is -1.01. The van der Waals surface area contributed by atoms with Crippen molar-refractivity contribution in [2.75, 3.05) is 13.1 Å². The van der Waals surface area contributed by atoms with Crippen molar-refractivity contribution in [3.63, 3.8) is 0 Å². The maximum Gasteiger partial charge on any atom is 0.391 e. The first kappa shape index (κ1) is 14.9. The Labute approximate surface area is 122 Å². The fourth-order valence-corrected chi connectivity index (χ4v) is 2.83. The van der Waals surface area contributed by atoms with Crippen LogP contribution in [-0.2, 0) is 13.1 Å². The molecule has 1 saturated carbocycles. The topological polar surface area (TPSA) is 28.4 Å². The fraction of sp³-hybridized carbons (Fsp3) is 0.733. The summed E-state index contributed by atoms with van der Waals surface area (Å²) in [5, 5.41) is 3.44. The highest BCUT2D eigenvalue weighted by molar-refractivity contribution is 5.17. The van der Waals surface area contributed by atoms with Crippen molar-refractivity contribution < 1.29 is 17.6 Å². The molecule has 1 aliphatic heterocycles. The summed E-state index contributed by atoms with van der Waals surface area (Å²) in [6.07, 6.45) is 0.480. The molecule has 3 rings (SSSR count). The van der Waals surface area contributed by atoms with Crippen molar-refractivity contribution in [1.82, 2.24) is 10.2 Å². The van der Waals surface area contributed by atoms with Crippen molar-refractivity contribution in [3.8, 4) is 0 Å². The van der Waals surface area contributed by atoms with Gasteiger partial charge in [-0.2, -0.15) is 13.2 Å². The highest BCUT2D eigenvalue weighted by Crippen LogP contribution is 2.34. The van der Waals surface area contributed by atoms with E-state index in [2.05, 4.69) is 10.2 Å². The maximum atomic E-state index is 12.6. The van der Waals surface area contributed by atoms with Crippen LogP contribution < -0.4 is 5.32 Å². The van der Waals surface area contributed by atoms with Crippen molar-refractivity contribution in [3.05, 3.63) is 23.7 Å². The Morgan fingerprint density at radius 2 is 1.90 bits per heavy atom. The van der Waals surface area contributed by atoms with Gasteiger partial charge in [0.2, 0.25) is 0 Å². The lowest BCUT2D eigenvalue weighted by Crippen LogP contribution is -2.38. The molecule has 1 N–H and O–H groups in total. The fourth-order valence-electron chi connectivity index (χ4n) is 2.83. The summed E-state index contributed by atoms with van der Waals surface area (Å²) >= 11 is 0. The van der Waals surface area contributed by atoms with Crippen LogP contribution in [0.15, 0.2) is 16.7 Å². The number of piperidine rings is 1. The van der Waals surface area contributed by atoms with E-state index < -0.39 is 12.1 Å². The number of hydrogen-bond donors (Lipinski definition) is 1. The van der Waals surface area contributed by atoms with Crippen LogP contribution in [0.25, 0.3) is 0 Å². The van der Waals surface area contributed by atoms with Crippen LogP contribution in [0.3, 0.4) is 0 Å². The zero-order valence-electron chi connectivity index (χ0n) is 12.0. The molecule has 0 amide bonds. The minimum atomic E-state index is -4.05. The standard InChI is InChI=1S/C15H21F3N2O/c16-15(17,18)12-3-6-20(7-4-12)10-14-11(5-8-21-14)9-19-13-1-2-13/h5,8,12-13,19H,1-4,6-7,9-10H2. The van der Waals surface area contributed by atoms with Gasteiger partial charge in [-0.15, -0.1) is 0 Å². The average molecular weight is 302 g/mol. The maximum absolute atomic E-state index is 12.6. The summed E-state index contributed by atoms with van der Waals surface area (Å²) in [5.41, 5.74) is 1.12. The second-order valence-corrected chi connectivity index (χ2v) is 6.12. The molecule has 2 fully saturated rings. The van der Waals surface area contributed by atoms with E-state index >= 15 is 0 Å². The van der Waals surface area contributed by atoms with Crippen molar-refractivity contribution in [1.29, 1.82) is 0 Å². The molecule has 1 saturated heterocycles. The Morgan fingerprint density at radius 3 is 2.52 bits per heavy atom. The molecule has 0 radical (unpaired) electrons. The SMILES string of the molecule is FC(F)(F)C1CCN(Cc2occc2CNC2CC2)CC1. The highest BCUT2D eigenvalue weighted by atomic mass is 19.4. The molecule has 0 atom stereocenters. The van der Waals surface area contributed by atoms with Gasteiger partial charge in [0.1, 0.15) is 5.76 Å². The summed E-state index contributed by atoms with van der Waals surface area (Å²) in [7, 11) is 0. The number of furan rings is 1. The van der Waals surface area contributed by atoms with Gasteiger partial charge in [0.15, 0.2) is 0 Å². The average Bonchev–Trinajstić information content (AvgIpc) is 3.17. The first-order valence-corrected chi connectivity index (χ1v) is 7.60. The third-order valence-corrected chi connectivity index (χ3v) is 4.41. The lowest BCUT2D eigenvalue weighted by Gasteiger charge is -2.32. The largest absolute Gasteiger partial charge is 0.468 e. The summed E-state index contributed by atoms with van der Waals surface area (Å²) in [4.78, 5) is 2.06. The molecule has 1 aromatic heterocycles. The van der Waals surface area contributed by atoms with Gasteiger partial charge in [-0.05, 0) is 44.8 Å². The minimum absolute atomic E-state index is 0.194. The van der Waals surface area contributed by atoms with Crippen LogP contribution in [-0.4, -0.2) is 30.2 Å². The third-order valence-electron chi connectivity index (χ3n) is 4.41. The zero-order chi connectivity index (χ0) is 14.9. The van der Waals surface area contributed by atoms with E-state index in [1.54, 1.807) is 6.26 Å². The Morgan fingerprint density at radius 1 is 1.19 bits per heavy atom. The third kappa shape index (κ3) is 4.01. The van der Waals surface area contributed by atoms with Gasteiger partial charge in [-0.3, -0.25) is 4.90 Å². The summed E-state index contributed by atoms with van der Waals surface area (Å²) < 4.78 is 43.4. The molecule has 0 spiro atoms. The molecule has 0 unspecified atom stereocenters. The first-order chi connectivity index (χ1) is 10.0. The van der Waals surface area contributed by atoms with Crippen molar-refractivity contribution in [2.24, 2.45) is 5.92 Å². The van der Waals surface area contributed by atoms with Crippen LogP contribution in [0.2, 0.25) is 0 Å². The first-order valence-electron chi connectivity index (χ1n) is 7.60. The van der Waals surface area contributed by atoms with Crippen LogP contribution in [0, 0.1) is 5.92 Å². The number of alkyl halides is 3. The van der Waals surface area contributed by atoms with Crippen LogP contribution >= 0.6 is 0 Å². The lowest BCUT2D eigenvalue weighted by molar-refractivity contribution is -0.185. The van der Waals surface area contributed by atoms with E-state index in [1.807, 2.05) is 6.07 Å². The predicted octanol–water partition coefficient (Wildman–Crippen LogP) is 3.31. The number of likely N-dealkylation sites (tertiary alicyclic amines) is 1. The molecule has 0 aromatic carbocycles. The lowest BCUT2D eigenvalue weighted by atomic mass is 9.96. The molecule has 21 heavy (non-hydrogen) atoms. The summed E-state index contributed by atoms with van der Waals surface area (Å²) in [5.74, 6) is -0.255. The van der Waals surface area contributed by atoms with Gasteiger partial charge in [0, 0.05) is 18.2 Å². The Kier molecular flexibility index (Phi) is 4.26. The normalized spacial score (nSPS) is 21.9. The molecular weight excluding hydrogens is 281 g/mol. The number of hydrogen-bond acceptors (Lipinski definition) is 3. The van der Waals surface area contributed by atoms with E-state index in [1.165, 1.54) is 12.8 Å². The molecule has 3 nitrogen and oxygen atoms in total. The van der Waals surface area contributed by atoms with E-state index in [0.717, 1.165) is 17.9 Å². The van der Waals surface area contributed by atoms with Gasteiger partial charge in [0.05, 0.1) is 18.7 Å². The second kappa shape index (κ2) is 6.01. The number of nitrogens with one attached hydrogen (secondary N) is 1. The Balaban J connectivity index is 1.49. The summed E-state index contributed by atoms with van der Waals surface area (Å²) in [6, 6.07) is 2.59. The van der Waals surface area contributed by atoms with Crippen LogP contribution in [0.5, 0.6) is 0 Å². The van der Waals surface area contributed by atoms with Gasteiger partial charge in [-0.1, -0.05) is 0 Å².